The maximum Gasteiger partial charge on any atom is 0.303 e. The standard InChI is InChI=1S/C18H24BrNO3/c19-15-9-7-14(8-10-15)18(11-12-18)17(23)20-13-5-3-1-2-4-6-16(21)22/h7-10H,1-6,11-13H2,(H,20,23)(H,21,22). The molecule has 2 N–H and O–H groups in total. The number of benzene rings is 1. The van der Waals surface area contributed by atoms with Gasteiger partial charge in [-0.05, 0) is 43.4 Å². The summed E-state index contributed by atoms with van der Waals surface area (Å²) in [6, 6.07) is 8.03. The van der Waals surface area contributed by atoms with Gasteiger partial charge < -0.3 is 10.4 Å². The third kappa shape index (κ3) is 5.34. The molecule has 1 aromatic carbocycles. The minimum absolute atomic E-state index is 0.144. The summed E-state index contributed by atoms with van der Waals surface area (Å²) in [5, 5.41) is 11.6. The maximum atomic E-state index is 12.4. The summed E-state index contributed by atoms with van der Waals surface area (Å²) in [7, 11) is 0. The number of amides is 1. The summed E-state index contributed by atoms with van der Waals surface area (Å²) in [4.78, 5) is 22.8. The molecule has 1 fully saturated rings. The van der Waals surface area contributed by atoms with Crippen LogP contribution in [-0.2, 0) is 15.0 Å². The van der Waals surface area contributed by atoms with Gasteiger partial charge in [0.15, 0.2) is 0 Å². The molecule has 0 bridgehead atoms. The number of aliphatic carboxylic acids is 1. The van der Waals surface area contributed by atoms with Crippen LogP contribution < -0.4 is 5.32 Å². The molecule has 0 spiro atoms. The Morgan fingerprint density at radius 3 is 2.26 bits per heavy atom. The van der Waals surface area contributed by atoms with E-state index in [9.17, 15) is 9.59 Å². The van der Waals surface area contributed by atoms with Crippen LogP contribution in [-0.4, -0.2) is 23.5 Å². The number of carbonyl (C=O) groups is 2. The SMILES string of the molecule is O=C(O)CCCCCCCNC(=O)C1(c2ccc(Br)cc2)CC1. The lowest BCUT2D eigenvalue weighted by Gasteiger charge is -2.16. The molecule has 23 heavy (non-hydrogen) atoms. The second-order valence-corrected chi connectivity index (χ2v) is 7.17. The van der Waals surface area contributed by atoms with E-state index in [4.69, 9.17) is 5.11 Å². The van der Waals surface area contributed by atoms with E-state index in [0.29, 0.717) is 6.54 Å². The first-order valence-corrected chi connectivity index (χ1v) is 9.10. The van der Waals surface area contributed by atoms with Crippen molar-refractivity contribution in [3.8, 4) is 0 Å². The van der Waals surface area contributed by atoms with Crippen LogP contribution >= 0.6 is 15.9 Å². The zero-order valence-corrected chi connectivity index (χ0v) is 14.9. The molecule has 1 saturated carbocycles. The molecule has 1 aliphatic carbocycles. The van der Waals surface area contributed by atoms with Crippen molar-refractivity contribution in [1.29, 1.82) is 0 Å². The van der Waals surface area contributed by atoms with Gasteiger partial charge in [-0.1, -0.05) is 47.3 Å². The Kier molecular flexibility index (Phi) is 6.63. The lowest BCUT2D eigenvalue weighted by Crippen LogP contribution is -2.35. The number of carboxylic acid groups (broad SMARTS) is 1. The van der Waals surface area contributed by atoms with Gasteiger partial charge in [-0.25, -0.2) is 0 Å². The third-order valence-electron chi connectivity index (χ3n) is 4.43. The van der Waals surface area contributed by atoms with Crippen LogP contribution in [0.2, 0.25) is 0 Å². The molecule has 1 aromatic rings. The van der Waals surface area contributed by atoms with Gasteiger partial charge in [0.1, 0.15) is 0 Å². The predicted molar refractivity (Wildman–Crippen MR) is 93.4 cm³/mol. The van der Waals surface area contributed by atoms with E-state index in [1.165, 1.54) is 0 Å². The summed E-state index contributed by atoms with van der Waals surface area (Å²) in [5.41, 5.74) is 0.800. The van der Waals surface area contributed by atoms with Crippen molar-refractivity contribution in [2.45, 2.75) is 56.8 Å². The monoisotopic (exact) mass is 381 g/mol. The summed E-state index contributed by atoms with van der Waals surface area (Å²) in [6.07, 6.45) is 6.82. The number of nitrogens with one attached hydrogen (secondary N) is 1. The Bertz CT molecular complexity index is 538. The molecule has 1 aliphatic rings. The minimum atomic E-state index is -0.722. The molecular formula is C18H24BrNO3. The van der Waals surface area contributed by atoms with Crippen LogP contribution in [0.3, 0.4) is 0 Å². The van der Waals surface area contributed by atoms with Gasteiger partial charge in [0, 0.05) is 17.4 Å². The van der Waals surface area contributed by atoms with Gasteiger partial charge in [-0.2, -0.15) is 0 Å². The molecular weight excluding hydrogens is 358 g/mol. The van der Waals surface area contributed by atoms with E-state index >= 15 is 0 Å². The van der Waals surface area contributed by atoms with Crippen molar-refractivity contribution in [3.05, 3.63) is 34.3 Å². The van der Waals surface area contributed by atoms with E-state index in [1.54, 1.807) is 0 Å². The van der Waals surface area contributed by atoms with E-state index in [1.807, 2.05) is 24.3 Å². The van der Waals surface area contributed by atoms with Crippen LogP contribution in [0.1, 0.15) is 56.9 Å². The molecule has 0 unspecified atom stereocenters. The zero-order valence-electron chi connectivity index (χ0n) is 13.3. The fraction of sp³-hybridized carbons (Fsp3) is 0.556. The molecule has 0 radical (unpaired) electrons. The van der Waals surface area contributed by atoms with Gasteiger partial charge >= 0.3 is 5.97 Å². The molecule has 0 heterocycles. The first-order chi connectivity index (χ1) is 11.0. The molecule has 1 amide bonds. The number of rotatable bonds is 10. The van der Waals surface area contributed by atoms with Crippen LogP contribution in [0, 0.1) is 0 Å². The topological polar surface area (TPSA) is 66.4 Å². The van der Waals surface area contributed by atoms with Gasteiger partial charge in [0.2, 0.25) is 5.91 Å². The first-order valence-electron chi connectivity index (χ1n) is 8.31. The fourth-order valence-corrected chi connectivity index (χ4v) is 3.11. The second kappa shape index (κ2) is 8.48. The molecule has 2 rings (SSSR count). The van der Waals surface area contributed by atoms with E-state index in [2.05, 4.69) is 21.2 Å². The molecule has 0 aromatic heterocycles. The summed E-state index contributed by atoms with van der Waals surface area (Å²) < 4.78 is 1.03. The second-order valence-electron chi connectivity index (χ2n) is 6.26. The van der Waals surface area contributed by atoms with Gasteiger partial charge in [-0.15, -0.1) is 0 Å². The number of halogens is 1. The molecule has 4 nitrogen and oxygen atoms in total. The summed E-state index contributed by atoms with van der Waals surface area (Å²) in [6.45, 7) is 0.704. The number of carboxylic acids is 1. The first kappa shape index (κ1) is 18.0. The Hall–Kier alpha value is -1.36. The highest BCUT2D eigenvalue weighted by molar-refractivity contribution is 9.10. The Labute approximate surface area is 145 Å². The van der Waals surface area contributed by atoms with Crippen molar-refractivity contribution in [3.63, 3.8) is 0 Å². The van der Waals surface area contributed by atoms with Crippen molar-refractivity contribution in [1.82, 2.24) is 5.32 Å². The lowest BCUT2D eigenvalue weighted by atomic mass is 9.95. The fourth-order valence-electron chi connectivity index (χ4n) is 2.84. The van der Waals surface area contributed by atoms with Crippen molar-refractivity contribution < 1.29 is 14.7 Å². The highest BCUT2D eigenvalue weighted by atomic mass is 79.9. The third-order valence-corrected chi connectivity index (χ3v) is 4.96. The zero-order chi connectivity index (χ0) is 16.7. The highest BCUT2D eigenvalue weighted by Crippen LogP contribution is 2.48. The van der Waals surface area contributed by atoms with Gasteiger partial charge in [0.05, 0.1) is 5.41 Å². The van der Waals surface area contributed by atoms with E-state index in [-0.39, 0.29) is 17.7 Å². The van der Waals surface area contributed by atoms with Crippen LogP contribution in [0.4, 0.5) is 0 Å². The smallest absolute Gasteiger partial charge is 0.303 e. The quantitative estimate of drug-likeness (QED) is 0.601. The van der Waals surface area contributed by atoms with Gasteiger partial charge in [0.25, 0.3) is 0 Å². The summed E-state index contributed by atoms with van der Waals surface area (Å²) in [5.74, 6) is -0.578. The minimum Gasteiger partial charge on any atom is -0.481 e. The lowest BCUT2D eigenvalue weighted by molar-refractivity contribution is -0.137. The molecule has 0 atom stereocenters. The molecule has 0 saturated heterocycles. The Morgan fingerprint density at radius 1 is 1.04 bits per heavy atom. The molecule has 5 heteroatoms. The number of carbonyl (C=O) groups excluding carboxylic acids is 1. The van der Waals surface area contributed by atoms with Crippen LogP contribution in [0.25, 0.3) is 0 Å². The van der Waals surface area contributed by atoms with Crippen molar-refractivity contribution >= 4 is 27.8 Å². The molecule has 126 valence electrons. The average molecular weight is 382 g/mol. The Morgan fingerprint density at radius 2 is 1.65 bits per heavy atom. The van der Waals surface area contributed by atoms with Gasteiger partial charge in [-0.3, -0.25) is 9.59 Å². The summed E-state index contributed by atoms with van der Waals surface area (Å²) >= 11 is 3.42. The highest BCUT2D eigenvalue weighted by Gasteiger charge is 2.50. The predicted octanol–water partition coefficient (Wildman–Crippen LogP) is 4.02. The number of unbranched alkanes of at least 4 members (excludes halogenated alkanes) is 4. The molecule has 0 aliphatic heterocycles. The van der Waals surface area contributed by atoms with E-state index in [0.717, 1.165) is 55.0 Å². The average Bonchev–Trinajstić information content (AvgIpc) is 3.32. The van der Waals surface area contributed by atoms with Crippen LogP contribution in [0.15, 0.2) is 28.7 Å². The maximum absolute atomic E-state index is 12.4. The van der Waals surface area contributed by atoms with E-state index < -0.39 is 5.97 Å². The Balaban J connectivity index is 1.63. The van der Waals surface area contributed by atoms with Crippen molar-refractivity contribution in [2.24, 2.45) is 0 Å². The number of hydrogen-bond acceptors (Lipinski definition) is 2. The number of hydrogen-bond donors (Lipinski definition) is 2. The van der Waals surface area contributed by atoms with Crippen molar-refractivity contribution in [2.75, 3.05) is 6.54 Å². The van der Waals surface area contributed by atoms with Crippen LogP contribution in [0.5, 0.6) is 0 Å². The largest absolute Gasteiger partial charge is 0.481 e. The normalized spacial score (nSPS) is 15.2.